The fraction of sp³-hybridized carbons (Fsp3) is 0.263. The standard InChI is InChI=1S/C19H16ClF2N3O2/c1-26-13-7-14(27-2)18(22)16(17(13)21)12-5-9-8-23-15(20)6-11(9)19(25-12)24-10-3-4-10/h5-8,10H,3-4H2,1-2H3,(H,24,25). The van der Waals surface area contributed by atoms with Crippen molar-refractivity contribution < 1.29 is 18.3 Å². The summed E-state index contributed by atoms with van der Waals surface area (Å²) in [5.74, 6) is -1.44. The van der Waals surface area contributed by atoms with Gasteiger partial charge in [0.05, 0.1) is 25.5 Å². The number of anilines is 1. The predicted molar refractivity (Wildman–Crippen MR) is 99.6 cm³/mol. The van der Waals surface area contributed by atoms with Gasteiger partial charge in [-0.15, -0.1) is 0 Å². The van der Waals surface area contributed by atoms with Gasteiger partial charge in [0.15, 0.2) is 23.1 Å². The van der Waals surface area contributed by atoms with Gasteiger partial charge in [-0.3, -0.25) is 0 Å². The third-order valence-corrected chi connectivity index (χ3v) is 4.64. The third kappa shape index (κ3) is 3.23. The summed E-state index contributed by atoms with van der Waals surface area (Å²) in [6.07, 6.45) is 3.58. The van der Waals surface area contributed by atoms with Gasteiger partial charge in [0, 0.05) is 29.1 Å². The molecule has 0 unspecified atom stereocenters. The highest BCUT2D eigenvalue weighted by atomic mass is 35.5. The molecule has 0 aliphatic heterocycles. The van der Waals surface area contributed by atoms with Crippen molar-refractivity contribution in [2.45, 2.75) is 18.9 Å². The lowest BCUT2D eigenvalue weighted by Crippen LogP contribution is -2.06. The molecule has 1 N–H and O–H groups in total. The molecule has 0 spiro atoms. The van der Waals surface area contributed by atoms with Crippen LogP contribution >= 0.6 is 11.6 Å². The van der Waals surface area contributed by atoms with Gasteiger partial charge in [-0.1, -0.05) is 11.6 Å². The first kappa shape index (κ1) is 17.7. The maximum absolute atomic E-state index is 14.9. The summed E-state index contributed by atoms with van der Waals surface area (Å²) in [7, 11) is 2.61. The van der Waals surface area contributed by atoms with Crippen molar-refractivity contribution in [2.75, 3.05) is 19.5 Å². The summed E-state index contributed by atoms with van der Waals surface area (Å²) in [5.41, 5.74) is -0.205. The number of halogens is 3. The highest BCUT2D eigenvalue weighted by molar-refractivity contribution is 6.30. The molecule has 1 aliphatic carbocycles. The van der Waals surface area contributed by atoms with Gasteiger partial charge in [0.1, 0.15) is 11.0 Å². The van der Waals surface area contributed by atoms with Crippen molar-refractivity contribution in [3.8, 4) is 22.8 Å². The van der Waals surface area contributed by atoms with Crippen LogP contribution in [0.5, 0.6) is 11.5 Å². The molecule has 5 nitrogen and oxygen atoms in total. The topological polar surface area (TPSA) is 56.3 Å². The Morgan fingerprint density at radius 1 is 1.07 bits per heavy atom. The molecule has 0 amide bonds. The fourth-order valence-electron chi connectivity index (χ4n) is 2.89. The van der Waals surface area contributed by atoms with Crippen LogP contribution in [0.15, 0.2) is 24.4 Å². The van der Waals surface area contributed by atoms with Crippen molar-refractivity contribution in [3.05, 3.63) is 41.2 Å². The molecular formula is C19H16ClF2N3O2. The van der Waals surface area contributed by atoms with Crippen LogP contribution in [-0.4, -0.2) is 30.2 Å². The second-order valence-corrected chi connectivity index (χ2v) is 6.67. The average Bonchev–Trinajstić information content (AvgIpc) is 3.47. The number of rotatable bonds is 5. The molecule has 3 aromatic rings. The van der Waals surface area contributed by atoms with Crippen LogP contribution in [0.3, 0.4) is 0 Å². The van der Waals surface area contributed by atoms with Gasteiger partial charge >= 0.3 is 0 Å². The molecule has 8 heteroatoms. The molecule has 27 heavy (non-hydrogen) atoms. The van der Waals surface area contributed by atoms with Crippen molar-refractivity contribution >= 4 is 28.2 Å². The summed E-state index contributed by atoms with van der Waals surface area (Å²) in [4.78, 5) is 8.54. The van der Waals surface area contributed by atoms with Gasteiger partial charge in [0.2, 0.25) is 0 Å². The number of pyridine rings is 2. The largest absolute Gasteiger partial charge is 0.494 e. The smallest absolute Gasteiger partial charge is 0.177 e. The molecule has 1 fully saturated rings. The summed E-state index contributed by atoms with van der Waals surface area (Å²) in [6.45, 7) is 0. The lowest BCUT2D eigenvalue weighted by Gasteiger charge is -2.15. The molecule has 140 valence electrons. The lowest BCUT2D eigenvalue weighted by molar-refractivity contribution is 0.359. The van der Waals surface area contributed by atoms with Crippen LogP contribution in [0.25, 0.3) is 22.0 Å². The molecule has 1 aliphatic rings. The number of hydrogen-bond donors (Lipinski definition) is 1. The number of aromatic nitrogens is 2. The number of fused-ring (bicyclic) bond motifs is 1. The van der Waals surface area contributed by atoms with E-state index in [9.17, 15) is 8.78 Å². The number of hydrogen-bond acceptors (Lipinski definition) is 5. The summed E-state index contributed by atoms with van der Waals surface area (Å²) >= 11 is 6.01. The zero-order valence-electron chi connectivity index (χ0n) is 14.6. The average molecular weight is 392 g/mol. The minimum atomic E-state index is -0.845. The highest BCUT2D eigenvalue weighted by Crippen LogP contribution is 2.39. The Labute approximate surface area is 159 Å². The van der Waals surface area contributed by atoms with Crippen molar-refractivity contribution in [1.29, 1.82) is 0 Å². The highest BCUT2D eigenvalue weighted by Gasteiger charge is 2.26. The monoisotopic (exact) mass is 391 g/mol. The van der Waals surface area contributed by atoms with E-state index in [1.165, 1.54) is 20.3 Å². The Morgan fingerprint density at radius 3 is 2.33 bits per heavy atom. The van der Waals surface area contributed by atoms with Crippen molar-refractivity contribution in [1.82, 2.24) is 9.97 Å². The van der Waals surface area contributed by atoms with E-state index in [0.29, 0.717) is 16.4 Å². The van der Waals surface area contributed by atoms with Gasteiger partial charge in [-0.25, -0.2) is 18.7 Å². The van der Waals surface area contributed by atoms with E-state index >= 15 is 0 Å². The number of benzene rings is 1. The molecule has 1 saturated carbocycles. The Kier molecular flexibility index (Phi) is 4.47. The van der Waals surface area contributed by atoms with Crippen LogP contribution in [0, 0.1) is 11.6 Å². The molecule has 0 radical (unpaired) electrons. The maximum atomic E-state index is 14.9. The predicted octanol–water partition coefficient (Wildman–Crippen LogP) is 4.82. The number of methoxy groups -OCH3 is 2. The Hall–Kier alpha value is -2.67. The van der Waals surface area contributed by atoms with E-state index in [0.717, 1.165) is 18.2 Å². The van der Waals surface area contributed by atoms with Crippen LogP contribution in [0.4, 0.5) is 14.6 Å². The van der Waals surface area contributed by atoms with Crippen LogP contribution in [-0.2, 0) is 0 Å². The maximum Gasteiger partial charge on any atom is 0.177 e. The van der Waals surface area contributed by atoms with E-state index < -0.39 is 11.6 Å². The first-order valence-corrected chi connectivity index (χ1v) is 8.72. The summed E-state index contributed by atoms with van der Waals surface area (Å²) in [6, 6.07) is 4.70. The number of ether oxygens (including phenoxy) is 2. The molecule has 2 heterocycles. The van der Waals surface area contributed by atoms with E-state index in [2.05, 4.69) is 15.3 Å². The molecule has 4 rings (SSSR count). The van der Waals surface area contributed by atoms with Gasteiger partial charge in [0.25, 0.3) is 0 Å². The Bertz CT molecular complexity index is 1010. The minimum Gasteiger partial charge on any atom is -0.494 e. The second kappa shape index (κ2) is 6.81. The molecule has 0 atom stereocenters. The van der Waals surface area contributed by atoms with Crippen LogP contribution in [0.2, 0.25) is 5.15 Å². The SMILES string of the molecule is COc1cc(OC)c(F)c(-c2cc3cnc(Cl)cc3c(NC3CC3)n2)c1F. The first-order valence-electron chi connectivity index (χ1n) is 8.35. The van der Waals surface area contributed by atoms with Crippen LogP contribution in [0.1, 0.15) is 12.8 Å². The molecule has 0 bridgehead atoms. The Morgan fingerprint density at radius 2 is 1.74 bits per heavy atom. The zero-order chi connectivity index (χ0) is 19.1. The third-order valence-electron chi connectivity index (χ3n) is 4.43. The molecule has 1 aromatic carbocycles. The zero-order valence-corrected chi connectivity index (χ0v) is 15.4. The first-order chi connectivity index (χ1) is 13.0. The number of nitrogens with zero attached hydrogens (tertiary/aromatic N) is 2. The fourth-order valence-corrected chi connectivity index (χ4v) is 3.05. The molecule has 0 saturated heterocycles. The van der Waals surface area contributed by atoms with E-state index in [-0.39, 0.29) is 28.8 Å². The van der Waals surface area contributed by atoms with Gasteiger partial charge in [-0.2, -0.15) is 0 Å². The summed E-state index contributed by atoms with van der Waals surface area (Å²) in [5, 5.41) is 5.00. The quantitative estimate of drug-likeness (QED) is 0.632. The van der Waals surface area contributed by atoms with E-state index in [1.807, 2.05) is 0 Å². The van der Waals surface area contributed by atoms with Gasteiger partial charge in [-0.05, 0) is 25.0 Å². The van der Waals surface area contributed by atoms with Gasteiger partial charge < -0.3 is 14.8 Å². The van der Waals surface area contributed by atoms with E-state index in [1.54, 1.807) is 18.3 Å². The lowest BCUT2D eigenvalue weighted by atomic mass is 10.1. The minimum absolute atomic E-state index is 0.113. The number of nitrogens with one attached hydrogen (secondary N) is 1. The molecule has 2 aromatic heterocycles. The molecular weight excluding hydrogens is 376 g/mol. The Balaban J connectivity index is 1.98. The van der Waals surface area contributed by atoms with E-state index in [4.69, 9.17) is 21.1 Å². The normalized spacial score (nSPS) is 13.7. The van der Waals surface area contributed by atoms with Crippen molar-refractivity contribution in [3.63, 3.8) is 0 Å². The van der Waals surface area contributed by atoms with Crippen molar-refractivity contribution in [2.24, 2.45) is 0 Å². The summed E-state index contributed by atoms with van der Waals surface area (Å²) < 4.78 is 39.8. The second-order valence-electron chi connectivity index (χ2n) is 6.29. The van der Waals surface area contributed by atoms with Crippen LogP contribution < -0.4 is 14.8 Å².